The van der Waals surface area contributed by atoms with Crippen LogP contribution in [-0.2, 0) is 0 Å². The third kappa shape index (κ3) is 3.05. The molecule has 8 heteroatoms. The Morgan fingerprint density at radius 1 is 1.16 bits per heavy atom. The van der Waals surface area contributed by atoms with E-state index >= 15 is 0 Å². The van der Waals surface area contributed by atoms with Gasteiger partial charge in [-0.2, -0.15) is 5.10 Å². The number of pyridine rings is 1. The lowest BCUT2D eigenvalue weighted by Gasteiger charge is -2.11. The van der Waals surface area contributed by atoms with E-state index in [4.69, 9.17) is 4.42 Å². The number of carbonyl (C=O) groups excluding carboxylic acids is 1. The SMILES string of the molecule is Cc1nc2cc(NC(=O)Nc3cccnc3-n3cccn3)ccc2o1. The number of anilines is 2. The summed E-state index contributed by atoms with van der Waals surface area (Å²) in [7, 11) is 0. The maximum Gasteiger partial charge on any atom is 0.323 e. The normalized spacial score (nSPS) is 10.8. The second-order valence-electron chi connectivity index (χ2n) is 5.32. The van der Waals surface area contributed by atoms with Gasteiger partial charge in [0.2, 0.25) is 0 Å². The number of benzene rings is 1. The lowest BCUT2D eigenvalue weighted by molar-refractivity contribution is 0.262. The number of aryl methyl sites for hydroxylation is 1. The first kappa shape index (κ1) is 14.9. The number of aromatic nitrogens is 4. The van der Waals surface area contributed by atoms with Gasteiger partial charge in [-0.15, -0.1) is 0 Å². The molecule has 0 atom stereocenters. The highest BCUT2D eigenvalue weighted by Gasteiger charge is 2.10. The molecular weight excluding hydrogens is 320 g/mol. The van der Waals surface area contributed by atoms with Gasteiger partial charge in [0.15, 0.2) is 17.3 Å². The van der Waals surface area contributed by atoms with Crippen LogP contribution < -0.4 is 10.6 Å². The van der Waals surface area contributed by atoms with Crippen molar-refractivity contribution in [3.8, 4) is 5.82 Å². The van der Waals surface area contributed by atoms with Crippen LogP contribution in [0.4, 0.5) is 16.2 Å². The monoisotopic (exact) mass is 334 g/mol. The molecule has 0 saturated heterocycles. The van der Waals surface area contributed by atoms with Gasteiger partial charge in [-0.1, -0.05) is 0 Å². The van der Waals surface area contributed by atoms with Crippen LogP contribution in [0.3, 0.4) is 0 Å². The third-order valence-corrected chi connectivity index (χ3v) is 3.51. The van der Waals surface area contributed by atoms with Crippen molar-refractivity contribution >= 4 is 28.5 Å². The molecular formula is C17H14N6O2. The van der Waals surface area contributed by atoms with Crippen molar-refractivity contribution in [3.63, 3.8) is 0 Å². The number of fused-ring (bicyclic) bond motifs is 1. The smallest absolute Gasteiger partial charge is 0.323 e. The Morgan fingerprint density at radius 2 is 2.08 bits per heavy atom. The molecule has 3 heterocycles. The van der Waals surface area contributed by atoms with Gasteiger partial charge in [0.25, 0.3) is 0 Å². The number of hydrogen-bond acceptors (Lipinski definition) is 5. The molecule has 2 amide bonds. The predicted molar refractivity (Wildman–Crippen MR) is 92.7 cm³/mol. The second kappa shape index (κ2) is 6.08. The molecule has 0 saturated carbocycles. The van der Waals surface area contributed by atoms with Gasteiger partial charge in [-0.3, -0.25) is 0 Å². The molecule has 0 radical (unpaired) electrons. The quantitative estimate of drug-likeness (QED) is 0.598. The summed E-state index contributed by atoms with van der Waals surface area (Å²) >= 11 is 0. The number of carbonyl (C=O) groups is 1. The van der Waals surface area contributed by atoms with Crippen molar-refractivity contribution in [2.75, 3.05) is 10.6 Å². The molecule has 2 N–H and O–H groups in total. The van der Waals surface area contributed by atoms with E-state index in [1.54, 1.807) is 66.6 Å². The van der Waals surface area contributed by atoms with Crippen LogP contribution in [0.2, 0.25) is 0 Å². The fraction of sp³-hybridized carbons (Fsp3) is 0.0588. The van der Waals surface area contributed by atoms with Crippen LogP contribution in [0, 0.1) is 6.92 Å². The number of urea groups is 1. The number of rotatable bonds is 3. The summed E-state index contributed by atoms with van der Waals surface area (Å²) in [6.45, 7) is 1.78. The molecule has 124 valence electrons. The molecule has 4 aromatic rings. The largest absolute Gasteiger partial charge is 0.441 e. The van der Waals surface area contributed by atoms with Gasteiger partial charge in [0.05, 0.1) is 5.69 Å². The number of oxazole rings is 1. The van der Waals surface area contributed by atoms with E-state index < -0.39 is 0 Å². The number of hydrogen-bond donors (Lipinski definition) is 2. The lowest BCUT2D eigenvalue weighted by Crippen LogP contribution is -2.20. The fourth-order valence-corrected chi connectivity index (χ4v) is 2.48. The average Bonchev–Trinajstić information content (AvgIpc) is 3.23. The van der Waals surface area contributed by atoms with Crippen molar-refractivity contribution in [2.24, 2.45) is 0 Å². The van der Waals surface area contributed by atoms with E-state index in [0.29, 0.717) is 34.2 Å². The summed E-state index contributed by atoms with van der Waals surface area (Å²) in [5.41, 5.74) is 2.52. The molecule has 0 aliphatic heterocycles. The first-order valence-electron chi connectivity index (χ1n) is 7.59. The summed E-state index contributed by atoms with van der Waals surface area (Å²) in [6.07, 6.45) is 5.04. The highest BCUT2D eigenvalue weighted by atomic mass is 16.3. The molecule has 1 aromatic carbocycles. The minimum absolute atomic E-state index is 0.388. The van der Waals surface area contributed by atoms with E-state index in [-0.39, 0.29) is 6.03 Å². The molecule has 3 aromatic heterocycles. The summed E-state index contributed by atoms with van der Waals surface area (Å²) in [5.74, 6) is 1.11. The number of nitrogens with zero attached hydrogens (tertiary/aromatic N) is 4. The van der Waals surface area contributed by atoms with E-state index in [0.717, 1.165) is 0 Å². The van der Waals surface area contributed by atoms with Crippen LogP contribution in [0.1, 0.15) is 5.89 Å². The van der Waals surface area contributed by atoms with Gasteiger partial charge < -0.3 is 15.1 Å². The average molecular weight is 334 g/mol. The second-order valence-corrected chi connectivity index (χ2v) is 5.32. The summed E-state index contributed by atoms with van der Waals surface area (Å²) in [4.78, 5) is 20.8. The summed E-state index contributed by atoms with van der Waals surface area (Å²) in [6, 6.07) is 10.2. The zero-order valence-corrected chi connectivity index (χ0v) is 13.3. The molecule has 0 spiro atoms. The number of nitrogens with one attached hydrogen (secondary N) is 2. The molecule has 0 aliphatic carbocycles. The van der Waals surface area contributed by atoms with Gasteiger partial charge in [-0.25, -0.2) is 19.4 Å². The van der Waals surface area contributed by atoms with E-state index in [2.05, 4.69) is 25.7 Å². The topological polar surface area (TPSA) is 97.9 Å². The van der Waals surface area contributed by atoms with Crippen molar-refractivity contribution < 1.29 is 9.21 Å². The van der Waals surface area contributed by atoms with Crippen LogP contribution in [0.15, 0.2) is 59.4 Å². The van der Waals surface area contributed by atoms with Gasteiger partial charge in [0, 0.05) is 31.2 Å². The van der Waals surface area contributed by atoms with Crippen LogP contribution in [-0.4, -0.2) is 25.8 Å². The highest BCUT2D eigenvalue weighted by Crippen LogP contribution is 2.21. The molecule has 0 bridgehead atoms. The molecule has 4 rings (SSSR count). The minimum atomic E-state index is -0.388. The van der Waals surface area contributed by atoms with Crippen molar-refractivity contribution in [2.45, 2.75) is 6.92 Å². The summed E-state index contributed by atoms with van der Waals surface area (Å²) in [5, 5.41) is 9.70. The lowest BCUT2D eigenvalue weighted by atomic mass is 10.3. The predicted octanol–water partition coefficient (Wildman–Crippen LogP) is 3.36. The van der Waals surface area contributed by atoms with Crippen LogP contribution in [0.5, 0.6) is 0 Å². The van der Waals surface area contributed by atoms with Crippen molar-refractivity contribution in [3.05, 3.63) is 60.9 Å². The Hall–Kier alpha value is -3.68. The van der Waals surface area contributed by atoms with Gasteiger partial charge in [0.1, 0.15) is 5.52 Å². The van der Waals surface area contributed by atoms with Crippen LogP contribution in [0.25, 0.3) is 16.9 Å². The maximum absolute atomic E-state index is 12.3. The van der Waals surface area contributed by atoms with Crippen molar-refractivity contribution in [1.29, 1.82) is 0 Å². The van der Waals surface area contributed by atoms with E-state index in [1.165, 1.54) is 0 Å². The van der Waals surface area contributed by atoms with Gasteiger partial charge >= 0.3 is 6.03 Å². The standard InChI is InChI=1S/C17H14N6O2/c1-11-20-14-10-12(5-6-15(14)25-11)21-17(24)22-13-4-2-7-18-16(13)23-9-3-8-19-23/h2-10H,1H3,(H2,21,22,24). The fourth-order valence-electron chi connectivity index (χ4n) is 2.48. The zero-order valence-electron chi connectivity index (χ0n) is 13.3. The minimum Gasteiger partial charge on any atom is -0.441 e. The third-order valence-electron chi connectivity index (χ3n) is 3.51. The highest BCUT2D eigenvalue weighted by molar-refractivity contribution is 6.01. The zero-order chi connectivity index (χ0) is 17.2. The van der Waals surface area contributed by atoms with Gasteiger partial charge in [-0.05, 0) is 36.4 Å². The molecule has 8 nitrogen and oxygen atoms in total. The molecule has 0 unspecified atom stereocenters. The van der Waals surface area contributed by atoms with E-state index in [1.807, 2.05) is 0 Å². The molecule has 0 fully saturated rings. The van der Waals surface area contributed by atoms with Crippen molar-refractivity contribution in [1.82, 2.24) is 19.7 Å². The Balaban J connectivity index is 1.54. The molecule has 0 aliphatic rings. The summed E-state index contributed by atoms with van der Waals surface area (Å²) < 4.78 is 7.01. The first-order chi connectivity index (χ1) is 12.2. The van der Waals surface area contributed by atoms with E-state index in [9.17, 15) is 4.79 Å². The maximum atomic E-state index is 12.3. The molecule has 25 heavy (non-hydrogen) atoms. The Bertz CT molecular complexity index is 1040. The Labute approximate surface area is 142 Å². The first-order valence-corrected chi connectivity index (χ1v) is 7.59. The Kier molecular flexibility index (Phi) is 3.62. The van der Waals surface area contributed by atoms with Crippen LogP contribution >= 0.6 is 0 Å². The number of amides is 2. The Morgan fingerprint density at radius 3 is 2.92 bits per heavy atom.